The number of nitrogens with zero attached hydrogens (tertiary/aromatic N) is 1. The fourth-order valence-corrected chi connectivity index (χ4v) is 2.26. The van der Waals surface area contributed by atoms with Crippen LogP contribution in [0.2, 0.25) is 0 Å². The van der Waals surface area contributed by atoms with E-state index in [1.54, 1.807) is 7.11 Å². The lowest BCUT2D eigenvalue weighted by molar-refractivity contribution is -0.0311. The van der Waals surface area contributed by atoms with Crippen molar-refractivity contribution in [1.82, 2.24) is 10.2 Å². The van der Waals surface area contributed by atoms with E-state index in [-0.39, 0.29) is 6.10 Å². The summed E-state index contributed by atoms with van der Waals surface area (Å²) in [6, 6.07) is 0. The summed E-state index contributed by atoms with van der Waals surface area (Å²) in [6.45, 7) is 6.79. The van der Waals surface area contributed by atoms with Crippen molar-refractivity contribution in [3.8, 4) is 0 Å². The maximum absolute atomic E-state index is 9.75. The van der Waals surface area contributed by atoms with Crippen molar-refractivity contribution in [2.45, 2.75) is 25.6 Å². The number of ether oxygens (including phenoxy) is 2. The molecule has 1 rings (SSSR count). The van der Waals surface area contributed by atoms with Gasteiger partial charge in [0.1, 0.15) is 0 Å². The predicted octanol–water partition coefficient (Wildman–Crippen LogP) is -0.0599. The van der Waals surface area contributed by atoms with Crippen molar-refractivity contribution in [2.75, 3.05) is 53.6 Å². The number of aliphatic hydroxyl groups is 1. The van der Waals surface area contributed by atoms with Gasteiger partial charge in [0.25, 0.3) is 0 Å². The van der Waals surface area contributed by atoms with Gasteiger partial charge in [0.2, 0.25) is 0 Å². The number of methoxy groups -OCH3 is 1. The number of aliphatic hydroxyl groups excluding tert-OH is 1. The van der Waals surface area contributed by atoms with Crippen molar-refractivity contribution in [3.05, 3.63) is 0 Å². The Morgan fingerprint density at radius 3 is 2.83 bits per heavy atom. The Balaban J connectivity index is 1.98. The van der Waals surface area contributed by atoms with E-state index in [4.69, 9.17) is 9.47 Å². The first-order chi connectivity index (χ1) is 8.61. The second-order valence-electron chi connectivity index (χ2n) is 5.33. The van der Waals surface area contributed by atoms with E-state index in [1.165, 1.54) is 13.0 Å². The van der Waals surface area contributed by atoms with Crippen LogP contribution in [-0.2, 0) is 9.47 Å². The standard InChI is InChI=1S/C13H28N2O3/c1-11(9-17-3)18-10-13(16)7-14-6-12-4-5-15(2)8-12/h11-14,16H,4-10H2,1-3H3. The molecule has 1 fully saturated rings. The molecule has 0 aromatic heterocycles. The zero-order chi connectivity index (χ0) is 13.4. The lowest BCUT2D eigenvalue weighted by Crippen LogP contribution is -2.35. The van der Waals surface area contributed by atoms with Gasteiger partial charge in [-0.15, -0.1) is 0 Å². The van der Waals surface area contributed by atoms with Crippen LogP contribution in [0.4, 0.5) is 0 Å². The Bertz CT molecular complexity index is 216. The minimum atomic E-state index is -0.441. The molecule has 1 saturated heterocycles. The van der Waals surface area contributed by atoms with Crippen LogP contribution in [0.25, 0.3) is 0 Å². The highest BCUT2D eigenvalue weighted by Crippen LogP contribution is 2.12. The minimum Gasteiger partial charge on any atom is -0.389 e. The molecule has 0 aliphatic carbocycles. The van der Waals surface area contributed by atoms with Crippen LogP contribution in [-0.4, -0.2) is 75.8 Å². The van der Waals surface area contributed by atoms with Gasteiger partial charge < -0.3 is 24.8 Å². The number of nitrogens with one attached hydrogen (secondary N) is 1. The summed E-state index contributed by atoms with van der Waals surface area (Å²) in [7, 11) is 3.80. The second kappa shape index (κ2) is 8.82. The maximum atomic E-state index is 9.75. The third kappa shape index (κ3) is 6.66. The molecule has 0 bridgehead atoms. The molecule has 5 nitrogen and oxygen atoms in total. The summed E-state index contributed by atoms with van der Waals surface area (Å²) in [5.74, 6) is 0.718. The monoisotopic (exact) mass is 260 g/mol. The summed E-state index contributed by atoms with van der Waals surface area (Å²) in [5, 5.41) is 13.1. The first kappa shape index (κ1) is 15.9. The second-order valence-corrected chi connectivity index (χ2v) is 5.33. The maximum Gasteiger partial charge on any atom is 0.0897 e. The van der Waals surface area contributed by atoms with E-state index < -0.39 is 6.10 Å². The fourth-order valence-electron chi connectivity index (χ4n) is 2.26. The molecule has 0 aromatic carbocycles. The molecule has 1 aliphatic heterocycles. The molecule has 0 amide bonds. The summed E-state index contributed by atoms with van der Waals surface area (Å²) in [4.78, 5) is 2.35. The fraction of sp³-hybridized carbons (Fsp3) is 1.00. The van der Waals surface area contributed by atoms with Crippen LogP contribution in [0.3, 0.4) is 0 Å². The van der Waals surface area contributed by atoms with E-state index >= 15 is 0 Å². The Morgan fingerprint density at radius 2 is 2.22 bits per heavy atom. The summed E-state index contributed by atoms with van der Waals surface area (Å²) >= 11 is 0. The Hall–Kier alpha value is -0.200. The van der Waals surface area contributed by atoms with E-state index in [1.807, 2.05) is 6.92 Å². The number of hydrogen-bond donors (Lipinski definition) is 2. The first-order valence-corrected chi connectivity index (χ1v) is 6.79. The summed E-state index contributed by atoms with van der Waals surface area (Å²) in [6.07, 6.45) is 0.845. The lowest BCUT2D eigenvalue weighted by Gasteiger charge is -2.17. The third-order valence-electron chi connectivity index (χ3n) is 3.28. The van der Waals surface area contributed by atoms with Crippen LogP contribution in [0, 0.1) is 5.92 Å². The number of likely N-dealkylation sites (tertiary alicyclic amines) is 1. The molecule has 1 heterocycles. The summed E-state index contributed by atoms with van der Waals surface area (Å²) < 4.78 is 10.4. The molecule has 0 radical (unpaired) electrons. The van der Waals surface area contributed by atoms with E-state index in [9.17, 15) is 5.11 Å². The Labute approximate surface area is 110 Å². The molecule has 3 unspecified atom stereocenters. The van der Waals surface area contributed by atoms with Crippen molar-refractivity contribution in [3.63, 3.8) is 0 Å². The highest BCUT2D eigenvalue weighted by Gasteiger charge is 2.19. The van der Waals surface area contributed by atoms with Gasteiger partial charge in [0.15, 0.2) is 0 Å². The molecule has 0 saturated carbocycles. The van der Waals surface area contributed by atoms with Gasteiger partial charge >= 0.3 is 0 Å². The van der Waals surface area contributed by atoms with Crippen LogP contribution in [0.15, 0.2) is 0 Å². The average molecular weight is 260 g/mol. The molecule has 3 atom stereocenters. The predicted molar refractivity (Wildman–Crippen MR) is 71.8 cm³/mol. The van der Waals surface area contributed by atoms with Gasteiger partial charge in [0.05, 0.1) is 25.4 Å². The number of hydrogen-bond acceptors (Lipinski definition) is 5. The van der Waals surface area contributed by atoms with Crippen LogP contribution >= 0.6 is 0 Å². The normalized spacial score (nSPS) is 24.3. The average Bonchev–Trinajstić information content (AvgIpc) is 2.73. The van der Waals surface area contributed by atoms with Gasteiger partial charge in [-0.2, -0.15) is 0 Å². The minimum absolute atomic E-state index is 0.0353. The molecule has 0 aromatic rings. The number of rotatable bonds is 9. The quantitative estimate of drug-likeness (QED) is 0.608. The highest BCUT2D eigenvalue weighted by atomic mass is 16.5. The van der Waals surface area contributed by atoms with E-state index in [0.29, 0.717) is 19.8 Å². The van der Waals surface area contributed by atoms with E-state index in [2.05, 4.69) is 17.3 Å². The SMILES string of the molecule is COCC(C)OCC(O)CNCC1CCN(C)C1. The molecular formula is C13H28N2O3. The van der Waals surface area contributed by atoms with Crippen molar-refractivity contribution >= 4 is 0 Å². The van der Waals surface area contributed by atoms with Gasteiger partial charge in [-0.25, -0.2) is 0 Å². The van der Waals surface area contributed by atoms with Crippen LogP contribution in [0.1, 0.15) is 13.3 Å². The highest BCUT2D eigenvalue weighted by molar-refractivity contribution is 4.75. The van der Waals surface area contributed by atoms with Crippen LogP contribution < -0.4 is 5.32 Å². The topological polar surface area (TPSA) is 54.0 Å². The zero-order valence-electron chi connectivity index (χ0n) is 11.9. The zero-order valence-corrected chi connectivity index (χ0v) is 11.9. The first-order valence-electron chi connectivity index (χ1n) is 6.79. The van der Waals surface area contributed by atoms with Gasteiger partial charge in [0, 0.05) is 20.2 Å². The van der Waals surface area contributed by atoms with Gasteiger partial charge in [-0.3, -0.25) is 0 Å². The molecule has 5 heteroatoms. The van der Waals surface area contributed by atoms with Gasteiger partial charge in [-0.1, -0.05) is 0 Å². The lowest BCUT2D eigenvalue weighted by atomic mass is 10.1. The van der Waals surface area contributed by atoms with Crippen molar-refractivity contribution in [1.29, 1.82) is 0 Å². The Kier molecular flexibility index (Phi) is 7.77. The smallest absolute Gasteiger partial charge is 0.0897 e. The molecule has 2 N–H and O–H groups in total. The summed E-state index contributed by atoms with van der Waals surface area (Å²) in [5.41, 5.74) is 0. The largest absolute Gasteiger partial charge is 0.389 e. The van der Waals surface area contributed by atoms with E-state index in [0.717, 1.165) is 19.0 Å². The Morgan fingerprint density at radius 1 is 1.44 bits per heavy atom. The molecule has 108 valence electrons. The van der Waals surface area contributed by atoms with Crippen molar-refractivity contribution < 1.29 is 14.6 Å². The molecule has 18 heavy (non-hydrogen) atoms. The van der Waals surface area contributed by atoms with Crippen LogP contribution in [0.5, 0.6) is 0 Å². The van der Waals surface area contributed by atoms with Crippen molar-refractivity contribution in [2.24, 2.45) is 5.92 Å². The molecule has 1 aliphatic rings. The molecule has 0 spiro atoms. The van der Waals surface area contributed by atoms with Gasteiger partial charge in [-0.05, 0) is 39.4 Å². The molecular weight excluding hydrogens is 232 g/mol. The third-order valence-corrected chi connectivity index (χ3v) is 3.28.